The van der Waals surface area contributed by atoms with Crippen molar-refractivity contribution >= 4 is 33.2 Å². The summed E-state index contributed by atoms with van der Waals surface area (Å²) in [5.41, 5.74) is 0.0775. The maximum atomic E-state index is 13.7. The van der Waals surface area contributed by atoms with Crippen molar-refractivity contribution in [1.29, 1.82) is 0 Å². The summed E-state index contributed by atoms with van der Waals surface area (Å²) in [6.07, 6.45) is 0. The first kappa shape index (κ1) is 24.1. The molecule has 0 atom stereocenters. The minimum atomic E-state index is -4.23. The molecule has 0 bridgehead atoms. The van der Waals surface area contributed by atoms with E-state index < -0.39 is 22.4 Å². The number of halogens is 2. The molecule has 3 rings (SSSR count). The van der Waals surface area contributed by atoms with E-state index in [0.717, 1.165) is 10.4 Å². The van der Waals surface area contributed by atoms with Crippen LogP contribution in [0, 0.1) is 5.82 Å². The van der Waals surface area contributed by atoms with Crippen molar-refractivity contribution in [1.82, 2.24) is 9.80 Å². The van der Waals surface area contributed by atoms with Crippen molar-refractivity contribution in [3.63, 3.8) is 0 Å². The number of carbonyl (C=O) groups excluding carboxylic acids is 1. The number of hydrogen-bond donors (Lipinski definition) is 0. The van der Waals surface area contributed by atoms with Gasteiger partial charge in [-0.2, -0.15) is 0 Å². The van der Waals surface area contributed by atoms with Gasteiger partial charge in [0, 0.05) is 32.2 Å². The lowest BCUT2D eigenvalue weighted by Crippen LogP contribution is -2.50. The van der Waals surface area contributed by atoms with Gasteiger partial charge in [-0.3, -0.25) is 9.10 Å². The van der Waals surface area contributed by atoms with E-state index in [0.29, 0.717) is 31.9 Å². The Balaban J connectivity index is 2.01. The van der Waals surface area contributed by atoms with Gasteiger partial charge in [0.15, 0.2) is 11.5 Å². The number of piperazine rings is 1. The fraction of sp³-hybridized carbons (Fsp3) is 0.381. The Bertz CT molecular complexity index is 1090. The number of rotatable bonds is 7. The molecule has 0 aromatic heterocycles. The number of sulfonamides is 1. The first-order chi connectivity index (χ1) is 15.2. The highest BCUT2D eigenvalue weighted by molar-refractivity contribution is 7.92. The second-order valence-corrected chi connectivity index (χ2v) is 9.58. The summed E-state index contributed by atoms with van der Waals surface area (Å²) in [5, 5.41) is -0.248. The second kappa shape index (κ2) is 9.93. The van der Waals surface area contributed by atoms with Crippen LogP contribution in [-0.4, -0.2) is 78.1 Å². The third-order valence-corrected chi connectivity index (χ3v) is 7.33. The van der Waals surface area contributed by atoms with Crippen molar-refractivity contribution in [2.75, 3.05) is 58.3 Å². The highest BCUT2D eigenvalue weighted by atomic mass is 35.5. The molecule has 0 unspecified atom stereocenters. The van der Waals surface area contributed by atoms with E-state index in [1.54, 1.807) is 4.90 Å². The summed E-state index contributed by atoms with van der Waals surface area (Å²) in [7, 11) is 0.557. The third kappa shape index (κ3) is 5.08. The average Bonchev–Trinajstić information content (AvgIpc) is 2.79. The van der Waals surface area contributed by atoms with Gasteiger partial charge >= 0.3 is 0 Å². The average molecular weight is 486 g/mol. The summed E-state index contributed by atoms with van der Waals surface area (Å²) in [6, 6.07) is 7.66. The molecule has 1 aliphatic heterocycles. The first-order valence-electron chi connectivity index (χ1n) is 9.83. The molecule has 0 spiro atoms. The van der Waals surface area contributed by atoms with Crippen LogP contribution in [0.5, 0.6) is 11.5 Å². The quantitative estimate of drug-likeness (QED) is 0.599. The molecule has 8 nitrogen and oxygen atoms in total. The van der Waals surface area contributed by atoms with Crippen LogP contribution in [-0.2, 0) is 14.8 Å². The van der Waals surface area contributed by atoms with Crippen LogP contribution in [0.15, 0.2) is 41.3 Å². The third-order valence-electron chi connectivity index (χ3n) is 5.27. The summed E-state index contributed by atoms with van der Waals surface area (Å²) < 4.78 is 52.2. The fourth-order valence-electron chi connectivity index (χ4n) is 3.34. The standard InChI is InChI=1S/C21H25ClFN3O5S/c1-24-8-10-25(11-9-24)21(27)14-26(15-4-6-18(23)17(22)12-15)32(28,29)16-5-7-19(30-2)20(13-16)31-3/h4-7,12-13H,8-11,14H2,1-3H3. The zero-order valence-corrected chi connectivity index (χ0v) is 19.6. The van der Waals surface area contributed by atoms with Gasteiger partial charge < -0.3 is 19.3 Å². The molecule has 11 heteroatoms. The van der Waals surface area contributed by atoms with E-state index in [1.165, 1.54) is 44.6 Å². The number of likely N-dealkylation sites (N-methyl/N-ethyl adjacent to an activating group) is 1. The monoisotopic (exact) mass is 485 g/mol. The molecule has 1 saturated heterocycles. The van der Waals surface area contributed by atoms with Crippen LogP contribution >= 0.6 is 11.6 Å². The molecule has 174 valence electrons. The zero-order chi connectivity index (χ0) is 23.5. The Labute approximate surface area is 192 Å². The highest BCUT2D eigenvalue weighted by Gasteiger charge is 2.31. The van der Waals surface area contributed by atoms with Gasteiger partial charge in [0.2, 0.25) is 5.91 Å². The predicted molar refractivity (Wildman–Crippen MR) is 120 cm³/mol. The minimum Gasteiger partial charge on any atom is -0.493 e. The number of amides is 1. The van der Waals surface area contributed by atoms with E-state index >= 15 is 0 Å². The Morgan fingerprint density at radius 1 is 1.06 bits per heavy atom. The summed E-state index contributed by atoms with van der Waals surface area (Å²) in [4.78, 5) is 16.6. The number of nitrogens with zero attached hydrogens (tertiary/aromatic N) is 3. The molecule has 0 N–H and O–H groups in total. The van der Waals surface area contributed by atoms with Gasteiger partial charge in [0.25, 0.3) is 10.0 Å². The smallest absolute Gasteiger partial charge is 0.264 e. The van der Waals surface area contributed by atoms with Crippen LogP contribution in [0.25, 0.3) is 0 Å². The molecule has 1 fully saturated rings. The van der Waals surface area contributed by atoms with Crippen LogP contribution in [0.4, 0.5) is 10.1 Å². The van der Waals surface area contributed by atoms with Gasteiger partial charge in [-0.05, 0) is 37.4 Å². The number of anilines is 1. The molecule has 0 radical (unpaired) electrons. The maximum Gasteiger partial charge on any atom is 0.264 e. The molecule has 1 amide bonds. The second-order valence-electron chi connectivity index (χ2n) is 7.31. The Morgan fingerprint density at radius 3 is 2.31 bits per heavy atom. The van der Waals surface area contributed by atoms with Crippen LogP contribution < -0.4 is 13.8 Å². The van der Waals surface area contributed by atoms with E-state index in [1.807, 2.05) is 7.05 Å². The molecule has 1 aliphatic rings. The molecule has 0 aliphatic carbocycles. The fourth-order valence-corrected chi connectivity index (χ4v) is 4.93. The molecule has 2 aromatic rings. The number of methoxy groups -OCH3 is 2. The Morgan fingerprint density at radius 2 is 1.72 bits per heavy atom. The van der Waals surface area contributed by atoms with E-state index in [2.05, 4.69) is 4.90 Å². The van der Waals surface area contributed by atoms with Gasteiger partial charge in [0.1, 0.15) is 12.4 Å². The van der Waals surface area contributed by atoms with Crippen LogP contribution in [0.3, 0.4) is 0 Å². The van der Waals surface area contributed by atoms with Crippen molar-refractivity contribution in [3.8, 4) is 11.5 Å². The number of ether oxygens (including phenoxy) is 2. The maximum absolute atomic E-state index is 13.7. The normalized spacial score (nSPS) is 14.8. The van der Waals surface area contributed by atoms with Crippen molar-refractivity contribution in [2.24, 2.45) is 0 Å². The van der Waals surface area contributed by atoms with Gasteiger partial charge in [0.05, 0.1) is 29.8 Å². The van der Waals surface area contributed by atoms with Crippen LogP contribution in [0.1, 0.15) is 0 Å². The molecular formula is C21H25ClFN3O5S. The van der Waals surface area contributed by atoms with E-state index in [-0.39, 0.29) is 27.3 Å². The zero-order valence-electron chi connectivity index (χ0n) is 18.0. The van der Waals surface area contributed by atoms with Gasteiger partial charge in [-0.25, -0.2) is 12.8 Å². The number of carbonyl (C=O) groups is 1. The molecule has 2 aromatic carbocycles. The highest BCUT2D eigenvalue weighted by Crippen LogP contribution is 2.33. The minimum absolute atomic E-state index is 0.0775. The summed E-state index contributed by atoms with van der Waals surface area (Å²) in [5.74, 6) is -0.473. The van der Waals surface area contributed by atoms with Crippen molar-refractivity contribution in [2.45, 2.75) is 4.90 Å². The SMILES string of the molecule is COc1ccc(S(=O)(=O)N(CC(=O)N2CCN(C)CC2)c2ccc(F)c(Cl)c2)cc1OC. The van der Waals surface area contributed by atoms with Gasteiger partial charge in [-0.15, -0.1) is 0 Å². The van der Waals surface area contributed by atoms with Gasteiger partial charge in [-0.1, -0.05) is 11.6 Å². The lowest BCUT2D eigenvalue weighted by Gasteiger charge is -2.34. The summed E-state index contributed by atoms with van der Waals surface area (Å²) in [6.45, 7) is 1.91. The lowest BCUT2D eigenvalue weighted by molar-refractivity contribution is -0.131. The van der Waals surface area contributed by atoms with E-state index in [9.17, 15) is 17.6 Å². The molecule has 32 heavy (non-hydrogen) atoms. The number of benzene rings is 2. The van der Waals surface area contributed by atoms with E-state index in [4.69, 9.17) is 21.1 Å². The Hall–Kier alpha value is -2.56. The first-order valence-corrected chi connectivity index (χ1v) is 11.7. The predicted octanol–water partition coefficient (Wildman–Crippen LogP) is 2.47. The van der Waals surface area contributed by atoms with Crippen molar-refractivity contribution in [3.05, 3.63) is 47.2 Å². The molecular weight excluding hydrogens is 461 g/mol. The largest absolute Gasteiger partial charge is 0.493 e. The van der Waals surface area contributed by atoms with Crippen LogP contribution in [0.2, 0.25) is 5.02 Å². The summed E-state index contributed by atoms with van der Waals surface area (Å²) >= 11 is 5.91. The molecule has 0 saturated carbocycles. The lowest BCUT2D eigenvalue weighted by atomic mass is 10.3. The molecule has 1 heterocycles. The van der Waals surface area contributed by atoms with Crippen molar-refractivity contribution < 1.29 is 27.1 Å². The number of hydrogen-bond acceptors (Lipinski definition) is 6. The Kier molecular flexibility index (Phi) is 7.47. The topological polar surface area (TPSA) is 79.4 Å².